The van der Waals surface area contributed by atoms with Crippen LogP contribution in [0.1, 0.15) is 6.92 Å². The summed E-state index contributed by atoms with van der Waals surface area (Å²) in [5, 5.41) is 0. The molecule has 0 fully saturated rings. The first-order valence-corrected chi connectivity index (χ1v) is 5.81. The molecule has 20 heavy (non-hydrogen) atoms. The molecule has 0 spiro atoms. The van der Waals surface area contributed by atoms with Gasteiger partial charge in [-0.05, 0) is 13.0 Å². The predicted molar refractivity (Wildman–Crippen MR) is 70.5 cm³/mol. The Morgan fingerprint density at radius 3 is 1.85 bits per heavy atom. The molecule has 0 amide bonds. The van der Waals surface area contributed by atoms with Crippen molar-refractivity contribution in [2.45, 2.75) is 6.92 Å². The van der Waals surface area contributed by atoms with E-state index < -0.39 is 23.5 Å². The first kappa shape index (κ1) is 17.7. The lowest BCUT2D eigenvalue weighted by Crippen LogP contribution is -2.18. The minimum absolute atomic E-state index is 0.0302. The SMILES string of the molecule is CCOC(=O)C(=CN(C)C)C=C(C(=O)OC)C(=O)OC. The van der Waals surface area contributed by atoms with Gasteiger partial charge in [0, 0.05) is 20.3 Å². The Morgan fingerprint density at radius 2 is 1.50 bits per heavy atom. The normalized spacial score (nSPS) is 10.3. The molecule has 0 radical (unpaired) electrons. The summed E-state index contributed by atoms with van der Waals surface area (Å²) in [7, 11) is 5.61. The molecule has 0 aliphatic heterocycles. The van der Waals surface area contributed by atoms with Gasteiger partial charge in [0.15, 0.2) is 0 Å². The second-order valence-electron chi connectivity index (χ2n) is 3.81. The highest BCUT2D eigenvalue weighted by atomic mass is 16.5. The Labute approximate surface area is 117 Å². The molecule has 0 aliphatic rings. The number of rotatable bonds is 6. The third kappa shape index (κ3) is 5.55. The summed E-state index contributed by atoms with van der Waals surface area (Å²) in [6.45, 7) is 1.82. The summed E-state index contributed by atoms with van der Waals surface area (Å²) in [5.74, 6) is -2.46. The highest BCUT2D eigenvalue weighted by Crippen LogP contribution is 2.09. The van der Waals surface area contributed by atoms with Crippen molar-refractivity contribution in [3.8, 4) is 0 Å². The zero-order valence-corrected chi connectivity index (χ0v) is 12.3. The van der Waals surface area contributed by atoms with Gasteiger partial charge < -0.3 is 19.1 Å². The molecular formula is C13H19NO6. The van der Waals surface area contributed by atoms with Gasteiger partial charge in [-0.2, -0.15) is 0 Å². The minimum Gasteiger partial charge on any atom is -0.465 e. The number of methoxy groups -OCH3 is 2. The molecule has 0 heterocycles. The summed E-state index contributed by atoms with van der Waals surface area (Å²) in [6, 6.07) is 0. The van der Waals surface area contributed by atoms with Crippen LogP contribution in [0.25, 0.3) is 0 Å². The molecule has 0 aliphatic carbocycles. The molecule has 0 aromatic heterocycles. The van der Waals surface area contributed by atoms with E-state index in [2.05, 4.69) is 9.47 Å². The fourth-order valence-electron chi connectivity index (χ4n) is 1.22. The van der Waals surface area contributed by atoms with Crippen LogP contribution in [0.3, 0.4) is 0 Å². The summed E-state index contributed by atoms with van der Waals surface area (Å²) in [4.78, 5) is 36.4. The zero-order chi connectivity index (χ0) is 15.7. The Bertz CT molecular complexity index is 418. The maximum atomic E-state index is 11.8. The number of carbonyl (C=O) groups excluding carboxylic acids is 3. The smallest absolute Gasteiger partial charge is 0.345 e. The number of esters is 3. The Hall–Kier alpha value is -2.31. The molecule has 0 atom stereocenters. The molecule has 0 rings (SSSR count). The van der Waals surface area contributed by atoms with Crippen LogP contribution in [0.5, 0.6) is 0 Å². The van der Waals surface area contributed by atoms with Crippen molar-refractivity contribution in [2.75, 3.05) is 34.9 Å². The zero-order valence-electron chi connectivity index (χ0n) is 12.3. The molecule has 0 bridgehead atoms. The topological polar surface area (TPSA) is 82.1 Å². The number of hydrogen-bond acceptors (Lipinski definition) is 7. The van der Waals surface area contributed by atoms with Crippen LogP contribution in [0, 0.1) is 0 Å². The third-order valence-electron chi connectivity index (χ3n) is 2.02. The quantitative estimate of drug-likeness (QED) is 0.173. The number of ether oxygens (including phenoxy) is 3. The van der Waals surface area contributed by atoms with E-state index in [0.29, 0.717) is 0 Å². The van der Waals surface area contributed by atoms with Crippen molar-refractivity contribution < 1.29 is 28.6 Å². The molecule has 0 N–H and O–H groups in total. The van der Waals surface area contributed by atoms with Crippen molar-refractivity contribution in [1.29, 1.82) is 0 Å². The van der Waals surface area contributed by atoms with Gasteiger partial charge in [0.25, 0.3) is 0 Å². The predicted octanol–water partition coefficient (Wildman–Crippen LogP) is 0.267. The minimum atomic E-state index is -0.897. The highest BCUT2D eigenvalue weighted by Gasteiger charge is 2.22. The standard InChI is InChI=1S/C13H19NO6/c1-6-20-11(15)9(8-14(2)3)7-10(12(16)18-4)13(17)19-5/h7-8H,6H2,1-5H3. The molecule has 0 saturated heterocycles. The number of nitrogens with zero attached hydrogens (tertiary/aromatic N) is 1. The van der Waals surface area contributed by atoms with Crippen molar-refractivity contribution in [3.05, 3.63) is 23.4 Å². The van der Waals surface area contributed by atoms with Gasteiger partial charge in [-0.15, -0.1) is 0 Å². The van der Waals surface area contributed by atoms with Crippen LogP contribution >= 0.6 is 0 Å². The first-order valence-electron chi connectivity index (χ1n) is 5.81. The maximum absolute atomic E-state index is 11.8. The molecule has 0 unspecified atom stereocenters. The number of hydrogen-bond donors (Lipinski definition) is 0. The third-order valence-corrected chi connectivity index (χ3v) is 2.02. The second-order valence-corrected chi connectivity index (χ2v) is 3.81. The highest BCUT2D eigenvalue weighted by molar-refractivity contribution is 6.15. The van der Waals surface area contributed by atoms with E-state index in [9.17, 15) is 14.4 Å². The van der Waals surface area contributed by atoms with E-state index in [4.69, 9.17) is 4.74 Å². The van der Waals surface area contributed by atoms with E-state index in [-0.39, 0.29) is 12.2 Å². The average Bonchev–Trinajstić information content (AvgIpc) is 2.41. The van der Waals surface area contributed by atoms with E-state index in [0.717, 1.165) is 20.3 Å². The molecule has 112 valence electrons. The average molecular weight is 285 g/mol. The first-order chi connectivity index (χ1) is 9.37. The molecule has 0 aromatic carbocycles. The van der Waals surface area contributed by atoms with Gasteiger partial charge in [-0.25, -0.2) is 14.4 Å². The fourth-order valence-corrected chi connectivity index (χ4v) is 1.22. The van der Waals surface area contributed by atoms with Crippen molar-refractivity contribution in [1.82, 2.24) is 4.90 Å². The Balaban J connectivity index is 5.64. The van der Waals surface area contributed by atoms with Gasteiger partial charge in [-0.3, -0.25) is 0 Å². The van der Waals surface area contributed by atoms with E-state index in [1.165, 1.54) is 6.20 Å². The second kappa shape index (κ2) is 8.73. The molecule has 0 saturated carbocycles. The van der Waals surface area contributed by atoms with Crippen molar-refractivity contribution >= 4 is 17.9 Å². The van der Waals surface area contributed by atoms with Crippen LogP contribution in [0.15, 0.2) is 23.4 Å². The van der Waals surface area contributed by atoms with Gasteiger partial charge in [0.1, 0.15) is 5.57 Å². The summed E-state index contributed by atoms with van der Waals surface area (Å²) in [6.07, 6.45) is 2.50. The Morgan fingerprint density at radius 1 is 1.00 bits per heavy atom. The Kier molecular flexibility index (Phi) is 7.72. The lowest BCUT2D eigenvalue weighted by atomic mass is 10.1. The van der Waals surface area contributed by atoms with Gasteiger partial charge in [0.2, 0.25) is 0 Å². The lowest BCUT2D eigenvalue weighted by Gasteiger charge is -2.10. The van der Waals surface area contributed by atoms with Gasteiger partial charge in [-0.1, -0.05) is 0 Å². The van der Waals surface area contributed by atoms with Crippen molar-refractivity contribution in [3.63, 3.8) is 0 Å². The summed E-state index contributed by atoms with van der Waals surface area (Å²) < 4.78 is 13.8. The molecule has 7 heteroatoms. The lowest BCUT2D eigenvalue weighted by molar-refractivity contribution is -0.144. The van der Waals surface area contributed by atoms with E-state index >= 15 is 0 Å². The van der Waals surface area contributed by atoms with E-state index in [1.807, 2.05) is 0 Å². The monoisotopic (exact) mass is 285 g/mol. The van der Waals surface area contributed by atoms with Crippen LogP contribution in [0.2, 0.25) is 0 Å². The van der Waals surface area contributed by atoms with Crippen LogP contribution in [-0.2, 0) is 28.6 Å². The maximum Gasteiger partial charge on any atom is 0.345 e. The molecule has 7 nitrogen and oxygen atoms in total. The van der Waals surface area contributed by atoms with E-state index in [1.54, 1.807) is 25.9 Å². The molecule has 0 aromatic rings. The molecular weight excluding hydrogens is 266 g/mol. The summed E-state index contributed by atoms with van der Waals surface area (Å²) in [5.41, 5.74) is -0.362. The number of carbonyl (C=O) groups is 3. The van der Waals surface area contributed by atoms with Crippen molar-refractivity contribution in [2.24, 2.45) is 0 Å². The van der Waals surface area contributed by atoms with Gasteiger partial charge >= 0.3 is 17.9 Å². The van der Waals surface area contributed by atoms with Crippen LogP contribution < -0.4 is 0 Å². The summed E-state index contributed by atoms with van der Waals surface area (Å²) >= 11 is 0. The van der Waals surface area contributed by atoms with Gasteiger partial charge in [0.05, 0.1) is 26.4 Å². The largest absolute Gasteiger partial charge is 0.465 e. The van der Waals surface area contributed by atoms with Crippen LogP contribution in [0.4, 0.5) is 0 Å². The van der Waals surface area contributed by atoms with Crippen LogP contribution in [-0.4, -0.2) is 57.7 Å². The fraction of sp³-hybridized carbons (Fsp3) is 0.462.